The van der Waals surface area contributed by atoms with Crippen LogP contribution in [-0.4, -0.2) is 12.1 Å². The van der Waals surface area contributed by atoms with E-state index >= 15 is 0 Å². The molecule has 0 aliphatic rings. The number of methoxy groups -OCH3 is 1. The molecular formula is C13H13FN2O. The van der Waals surface area contributed by atoms with Gasteiger partial charge in [0.25, 0.3) is 0 Å². The van der Waals surface area contributed by atoms with E-state index in [-0.39, 0.29) is 5.82 Å². The minimum Gasteiger partial charge on any atom is -0.481 e. The number of benzene rings is 1. The van der Waals surface area contributed by atoms with Gasteiger partial charge in [0.2, 0.25) is 5.88 Å². The molecule has 1 aromatic heterocycles. The number of nitrogens with two attached hydrogens (primary N) is 1. The van der Waals surface area contributed by atoms with E-state index in [1.807, 2.05) is 6.07 Å². The van der Waals surface area contributed by atoms with E-state index in [9.17, 15) is 4.39 Å². The van der Waals surface area contributed by atoms with Crippen molar-refractivity contribution in [3.63, 3.8) is 0 Å². The lowest BCUT2D eigenvalue weighted by Crippen LogP contribution is -1.97. The van der Waals surface area contributed by atoms with Crippen LogP contribution >= 0.6 is 0 Å². The van der Waals surface area contributed by atoms with Crippen molar-refractivity contribution < 1.29 is 9.13 Å². The molecule has 4 heteroatoms. The third-order valence-electron chi connectivity index (χ3n) is 2.52. The molecule has 0 aliphatic carbocycles. The Morgan fingerprint density at radius 2 is 2.12 bits per heavy atom. The quantitative estimate of drug-likeness (QED) is 0.883. The third-order valence-corrected chi connectivity index (χ3v) is 2.52. The lowest BCUT2D eigenvalue weighted by atomic mass is 10.0. The van der Waals surface area contributed by atoms with Gasteiger partial charge in [-0.2, -0.15) is 0 Å². The van der Waals surface area contributed by atoms with Crippen molar-refractivity contribution in [2.45, 2.75) is 6.54 Å². The molecule has 2 N–H and O–H groups in total. The van der Waals surface area contributed by atoms with Crippen LogP contribution in [0, 0.1) is 5.82 Å². The fourth-order valence-electron chi connectivity index (χ4n) is 1.61. The van der Waals surface area contributed by atoms with Crippen molar-refractivity contribution in [3.8, 4) is 17.0 Å². The first kappa shape index (κ1) is 11.5. The van der Waals surface area contributed by atoms with E-state index in [1.165, 1.54) is 13.2 Å². The maximum Gasteiger partial charge on any atom is 0.213 e. The van der Waals surface area contributed by atoms with E-state index in [1.54, 1.807) is 24.4 Å². The molecule has 2 rings (SSSR count). The zero-order valence-corrected chi connectivity index (χ0v) is 9.48. The van der Waals surface area contributed by atoms with Gasteiger partial charge in [0, 0.05) is 24.4 Å². The molecule has 1 heterocycles. The van der Waals surface area contributed by atoms with Gasteiger partial charge in [0.15, 0.2) is 0 Å². The minimum atomic E-state index is -0.291. The summed E-state index contributed by atoms with van der Waals surface area (Å²) in [6.07, 6.45) is 1.59. The summed E-state index contributed by atoms with van der Waals surface area (Å²) in [5, 5.41) is 0. The molecule has 0 atom stereocenters. The molecule has 0 saturated carbocycles. The fourth-order valence-corrected chi connectivity index (χ4v) is 1.61. The topological polar surface area (TPSA) is 48.1 Å². The van der Waals surface area contributed by atoms with Crippen LogP contribution in [0.2, 0.25) is 0 Å². The van der Waals surface area contributed by atoms with Crippen molar-refractivity contribution >= 4 is 0 Å². The Kier molecular flexibility index (Phi) is 3.35. The molecule has 0 radical (unpaired) electrons. The number of halogens is 1. The molecular weight excluding hydrogens is 219 g/mol. The predicted octanol–water partition coefficient (Wildman–Crippen LogP) is 2.36. The molecule has 0 saturated heterocycles. The summed E-state index contributed by atoms with van der Waals surface area (Å²) in [6.45, 7) is 0.330. The first-order chi connectivity index (χ1) is 8.24. The Labute approximate surface area is 99.1 Å². The fraction of sp³-hybridized carbons (Fsp3) is 0.154. The summed E-state index contributed by atoms with van der Waals surface area (Å²) in [5.74, 6) is 0.172. The van der Waals surface area contributed by atoms with Crippen LogP contribution in [-0.2, 0) is 6.54 Å². The molecule has 0 aliphatic heterocycles. The molecule has 0 spiro atoms. The molecule has 0 bridgehead atoms. The molecule has 88 valence electrons. The average molecular weight is 232 g/mol. The van der Waals surface area contributed by atoms with Gasteiger partial charge in [-0.05, 0) is 23.3 Å². The maximum absolute atomic E-state index is 13.8. The summed E-state index contributed by atoms with van der Waals surface area (Å²) in [7, 11) is 1.53. The lowest BCUT2D eigenvalue weighted by molar-refractivity contribution is 0.398. The molecule has 1 aromatic carbocycles. The van der Waals surface area contributed by atoms with Crippen LogP contribution in [0.25, 0.3) is 11.1 Å². The smallest absolute Gasteiger partial charge is 0.213 e. The van der Waals surface area contributed by atoms with Gasteiger partial charge < -0.3 is 10.5 Å². The molecule has 0 amide bonds. The van der Waals surface area contributed by atoms with Crippen LogP contribution in [0.3, 0.4) is 0 Å². The van der Waals surface area contributed by atoms with E-state index < -0.39 is 0 Å². The van der Waals surface area contributed by atoms with Crippen molar-refractivity contribution in [3.05, 3.63) is 47.9 Å². The molecule has 0 unspecified atom stereocenters. The second-order valence-electron chi connectivity index (χ2n) is 3.61. The average Bonchev–Trinajstić information content (AvgIpc) is 2.38. The maximum atomic E-state index is 13.8. The third kappa shape index (κ3) is 2.42. The first-order valence-electron chi connectivity index (χ1n) is 5.23. The highest BCUT2D eigenvalue weighted by Gasteiger charge is 2.07. The number of rotatable bonds is 3. The van der Waals surface area contributed by atoms with E-state index in [0.717, 1.165) is 11.1 Å². The van der Waals surface area contributed by atoms with Crippen molar-refractivity contribution in [1.29, 1.82) is 0 Å². The zero-order valence-electron chi connectivity index (χ0n) is 9.48. The number of hydrogen-bond acceptors (Lipinski definition) is 3. The normalized spacial score (nSPS) is 10.3. The highest BCUT2D eigenvalue weighted by molar-refractivity contribution is 5.65. The lowest BCUT2D eigenvalue weighted by Gasteiger charge is -2.06. The minimum absolute atomic E-state index is 0.291. The second kappa shape index (κ2) is 4.93. The van der Waals surface area contributed by atoms with Gasteiger partial charge in [-0.15, -0.1) is 0 Å². The van der Waals surface area contributed by atoms with Gasteiger partial charge in [-0.25, -0.2) is 9.37 Å². The van der Waals surface area contributed by atoms with Crippen LogP contribution < -0.4 is 10.5 Å². The Morgan fingerprint density at radius 3 is 2.76 bits per heavy atom. The summed E-state index contributed by atoms with van der Waals surface area (Å²) < 4.78 is 18.8. The zero-order chi connectivity index (χ0) is 12.3. The summed E-state index contributed by atoms with van der Waals surface area (Å²) in [4.78, 5) is 3.98. The Balaban J connectivity index is 2.45. The van der Waals surface area contributed by atoms with Crippen molar-refractivity contribution in [2.24, 2.45) is 5.73 Å². The Morgan fingerprint density at radius 1 is 1.29 bits per heavy atom. The SMILES string of the molecule is COc1cc(-c2ccc(CN)cc2F)ccn1. The van der Waals surface area contributed by atoms with Gasteiger partial charge in [0.1, 0.15) is 5.82 Å². The van der Waals surface area contributed by atoms with E-state index in [2.05, 4.69) is 4.98 Å². The number of pyridine rings is 1. The molecule has 17 heavy (non-hydrogen) atoms. The highest BCUT2D eigenvalue weighted by atomic mass is 19.1. The summed E-state index contributed by atoms with van der Waals surface area (Å²) >= 11 is 0. The molecule has 0 fully saturated rings. The largest absolute Gasteiger partial charge is 0.481 e. The van der Waals surface area contributed by atoms with Crippen LogP contribution in [0.1, 0.15) is 5.56 Å². The van der Waals surface area contributed by atoms with Crippen LogP contribution in [0.15, 0.2) is 36.5 Å². The predicted molar refractivity (Wildman–Crippen MR) is 64.1 cm³/mol. The second-order valence-corrected chi connectivity index (χ2v) is 3.61. The number of hydrogen-bond donors (Lipinski definition) is 1. The number of nitrogens with zero attached hydrogens (tertiary/aromatic N) is 1. The summed E-state index contributed by atoms with van der Waals surface area (Å²) in [5.41, 5.74) is 7.48. The van der Waals surface area contributed by atoms with Crippen LogP contribution in [0.5, 0.6) is 5.88 Å². The van der Waals surface area contributed by atoms with E-state index in [4.69, 9.17) is 10.5 Å². The molecule has 3 nitrogen and oxygen atoms in total. The van der Waals surface area contributed by atoms with Gasteiger partial charge in [-0.1, -0.05) is 12.1 Å². The Bertz CT molecular complexity index is 529. The summed E-state index contributed by atoms with van der Waals surface area (Å²) in [6, 6.07) is 8.41. The Hall–Kier alpha value is -1.94. The van der Waals surface area contributed by atoms with Gasteiger partial charge >= 0.3 is 0 Å². The highest BCUT2D eigenvalue weighted by Crippen LogP contribution is 2.25. The molecule has 2 aromatic rings. The first-order valence-corrected chi connectivity index (χ1v) is 5.23. The van der Waals surface area contributed by atoms with Crippen molar-refractivity contribution in [2.75, 3.05) is 7.11 Å². The monoisotopic (exact) mass is 232 g/mol. The number of aromatic nitrogens is 1. The van der Waals surface area contributed by atoms with E-state index in [0.29, 0.717) is 18.0 Å². The van der Waals surface area contributed by atoms with Crippen molar-refractivity contribution in [1.82, 2.24) is 4.98 Å². The van der Waals surface area contributed by atoms with Crippen LogP contribution in [0.4, 0.5) is 4.39 Å². The van der Waals surface area contributed by atoms with Gasteiger partial charge in [0.05, 0.1) is 7.11 Å². The van der Waals surface area contributed by atoms with Gasteiger partial charge in [-0.3, -0.25) is 0 Å². The number of ether oxygens (including phenoxy) is 1. The standard InChI is InChI=1S/C13H13FN2O/c1-17-13-7-10(4-5-16-13)11-3-2-9(8-15)6-12(11)14/h2-7H,8,15H2,1H3.